The zero-order valence-electron chi connectivity index (χ0n) is 15.2. The monoisotopic (exact) mass is 379 g/mol. The maximum Gasteiger partial charge on any atom is 0.332 e. The Kier molecular flexibility index (Phi) is 6.39. The van der Waals surface area contributed by atoms with Crippen molar-refractivity contribution in [2.24, 2.45) is 7.05 Å². The maximum absolute atomic E-state index is 12.6. The molecule has 8 heteroatoms. The van der Waals surface area contributed by atoms with Crippen LogP contribution in [-0.4, -0.2) is 21.5 Å². The second-order valence-corrected chi connectivity index (χ2v) is 6.70. The van der Waals surface area contributed by atoms with E-state index in [1.807, 2.05) is 31.3 Å². The van der Waals surface area contributed by atoms with E-state index in [1.165, 1.54) is 11.6 Å². The van der Waals surface area contributed by atoms with Gasteiger partial charge in [0.2, 0.25) is 5.78 Å². The van der Waals surface area contributed by atoms with E-state index in [0.717, 1.165) is 10.1 Å². The standard InChI is InChI=1S/C18H23ClN4O3/c1-4-9-23-16(20)15(17(25)22(3)18(23)26)14(24)10-21-11(2)12-5-7-13(19)8-6-12/h5-8,11,21H,4,9-10,20H2,1-3H3/p+1/t11-/m1/s1. The van der Waals surface area contributed by atoms with Crippen molar-refractivity contribution in [1.29, 1.82) is 0 Å². The van der Waals surface area contributed by atoms with Gasteiger partial charge in [-0.15, -0.1) is 0 Å². The Hall–Kier alpha value is -2.38. The van der Waals surface area contributed by atoms with Crippen LogP contribution in [0.5, 0.6) is 0 Å². The number of carbonyl (C=O) groups is 1. The third-order valence-electron chi connectivity index (χ3n) is 4.36. The van der Waals surface area contributed by atoms with Crippen LogP contribution in [-0.2, 0) is 13.6 Å². The first kappa shape index (κ1) is 19.9. The molecule has 1 aromatic heterocycles. The minimum absolute atomic E-state index is 0.00263. The van der Waals surface area contributed by atoms with Gasteiger partial charge in [0.25, 0.3) is 5.56 Å². The lowest BCUT2D eigenvalue weighted by Crippen LogP contribution is -2.86. The molecular weight excluding hydrogens is 356 g/mol. The quantitative estimate of drug-likeness (QED) is 0.691. The molecule has 0 aliphatic rings. The molecule has 140 valence electrons. The van der Waals surface area contributed by atoms with E-state index in [4.69, 9.17) is 17.3 Å². The van der Waals surface area contributed by atoms with Crippen molar-refractivity contribution in [3.05, 3.63) is 61.3 Å². The SMILES string of the molecule is CCCn1c(N)c(C(=O)C[NH2+][C@H](C)c2ccc(Cl)cc2)c(=O)n(C)c1=O. The Bertz CT molecular complexity index is 916. The molecule has 2 aromatic rings. The second kappa shape index (κ2) is 8.33. The highest BCUT2D eigenvalue weighted by Crippen LogP contribution is 2.13. The number of quaternary nitrogens is 1. The topological polar surface area (TPSA) is 104 Å². The number of Topliss-reactive ketones (excluding diaryl/α,β-unsaturated/α-hetero) is 1. The summed E-state index contributed by atoms with van der Waals surface area (Å²) in [5.41, 5.74) is 5.70. The van der Waals surface area contributed by atoms with Crippen LogP contribution >= 0.6 is 11.6 Å². The number of rotatable bonds is 7. The lowest BCUT2D eigenvalue weighted by molar-refractivity contribution is -0.681. The molecule has 0 radical (unpaired) electrons. The lowest BCUT2D eigenvalue weighted by Gasteiger charge is -2.14. The molecule has 1 aromatic carbocycles. The molecule has 4 N–H and O–H groups in total. The third-order valence-corrected chi connectivity index (χ3v) is 4.61. The van der Waals surface area contributed by atoms with Gasteiger partial charge >= 0.3 is 5.69 Å². The summed E-state index contributed by atoms with van der Waals surface area (Å²) < 4.78 is 2.21. The first-order valence-electron chi connectivity index (χ1n) is 8.49. The van der Waals surface area contributed by atoms with Gasteiger partial charge in [0.05, 0.1) is 0 Å². The van der Waals surface area contributed by atoms with Crippen molar-refractivity contribution in [3.8, 4) is 0 Å². The zero-order valence-corrected chi connectivity index (χ0v) is 15.9. The summed E-state index contributed by atoms with van der Waals surface area (Å²) in [5.74, 6) is -0.453. The number of carbonyl (C=O) groups excluding carboxylic acids is 1. The number of benzene rings is 1. The molecule has 0 bridgehead atoms. The fraction of sp³-hybridized carbons (Fsp3) is 0.389. The van der Waals surface area contributed by atoms with Gasteiger partial charge in [0.1, 0.15) is 24.0 Å². The van der Waals surface area contributed by atoms with E-state index in [1.54, 1.807) is 12.1 Å². The summed E-state index contributed by atoms with van der Waals surface area (Å²) in [5, 5.41) is 2.46. The molecule has 7 nitrogen and oxygen atoms in total. The van der Waals surface area contributed by atoms with Crippen LogP contribution in [0.15, 0.2) is 33.9 Å². The molecule has 0 amide bonds. The van der Waals surface area contributed by atoms with Crippen molar-refractivity contribution >= 4 is 23.2 Å². The minimum Gasteiger partial charge on any atom is -0.384 e. The summed E-state index contributed by atoms with van der Waals surface area (Å²) in [6.07, 6.45) is 0.662. The highest BCUT2D eigenvalue weighted by atomic mass is 35.5. The van der Waals surface area contributed by atoms with Gasteiger partial charge in [-0.2, -0.15) is 0 Å². The highest BCUT2D eigenvalue weighted by Gasteiger charge is 2.23. The van der Waals surface area contributed by atoms with Crippen LogP contribution in [0, 0.1) is 0 Å². The number of ketones is 1. The smallest absolute Gasteiger partial charge is 0.332 e. The van der Waals surface area contributed by atoms with E-state index >= 15 is 0 Å². The largest absolute Gasteiger partial charge is 0.384 e. The predicted molar refractivity (Wildman–Crippen MR) is 102 cm³/mol. The second-order valence-electron chi connectivity index (χ2n) is 6.26. The number of nitrogens with two attached hydrogens (primary N) is 2. The molecule has 0 aliphatic carbocycles. The molecule has 0 saturated heterocycles. The Morgan fingerprint density at radius 3 is 2.46 bits per heavy atom. The molecule has 0 spiro atoms. The molecule has 1 atom stereocenters. The number of hydrogen-bond donors (Lipinski definition) is 2. The van der Waals surface area contributed by atoms with E-state index in [2.05, 4.69) is 0 Å². The van der Waals surface area contributed by atoms with Crippen LogP contribution in [0.2, 0.25) is 5.02 Å². The van der Waals surface area contributed by atoms with E-state index in [9.17, 15) is 14.4 Å². The highest BCUT2D eigenvalue weighted by molar-refractivity contribution is 6.30. The first-order valence-corrected chi connectivity index (χ1v) is 8.87. The maximum atomic E-state index is 12.6. The van der Waals surface area contributed by atoms with Crippen molar-refractivity contribution < 1.29 is 10.1 Å². The fourth-order valence-electron chi connectivity index (χ4n) is 2.77. The first-order chi connectivity index (χ1) is 12.3. The molecule has 0 aliphatic heterocycles. The molecule has 2 rings (SSSR count). The number of halogens is 1. The van der Waals surface area contributed by atoms with Gasteiger partial charge in [-0.1, -0.05) is 30.7 Å². The zero-order chi connectivity index (χ0) is 19.4. The fourth-order valence-corrected chi connectivity index (χ4v) is 2.90. The summed E-state index contributed by atoms with van der Waals surface area (Å²) in [6, 6.07) is 7.36. The molecule has 0 fully saturated rings. The van der Waals surface area contributed by atoms with Gasteiger partial charge in [0, 0.05) is 24.2 Å². The Labute approximate surface area is 156 Å². The van der Waals surface area contributed by atoms with Crippen LogP contribution in [0.25, 0.3) is 0 Å². The third kappa shape index (κ3) is 4.05. The van der Waals surface area contributed by atoms with E-state index in [-0.39, 0.29) is 24.0 Å². The summed E-state index contributed by atoms with van der Waals surface area (Å²) in [4.78, 5) is 37.2. The molecule has 26 heavy (non-hydrogen) atoms. The van der Waals surface area contributed by atoms with Crippen molar-refractivity contribution in [2.45, 2.75) is 32.9 Å². The summed E-state index contributed by atoms with van der Waals surface area (Å²) in [6.45, 7) is 4.24. The van der Waals surface area contributed by atoms with Gasteiger partial charge in [-0.05, 0) is 25.5 Å². The van der Waals surface area contributed by atoms with E-state index in [0.29, 0.717) is 18.0 Å². The number of nitrogens with zero attached hydrogens (tertiary/aromatic N) is 2. The van der Waals surface area contributed by atoms with Crippen molar-refractivity contribution in [3.63, 3.8) is 0 Å². The molecule has 0 saturated carbocycles. The summed E-state index contributed by atoms with van der Waals surface area (Å²) in [7, 11) is 1.35. The number of nitrogen functional groups attached to an aromatic ring is 1. The van der Waals surface area contributed by atoms with Gasteiger partial charge in [-0.3, -0.25) is 18.7 Å². The van der Waals surface area contributed by atoms with Crippen LogP contribution in [0.1, 0.15) is 42.2 Å². The number of aromatic nitrogens is 2. The molecular formula is C18H24ClN4O3+. The van der Waals surface area contributed by atoms with Gasteiger partial charge < -0.3 is 11.1 Å². The Morgan fingerprint density at radius 1 is 1.27 bits per heavy atom. The lowest BCUT2D eigenvalue weighted by atomic mass is 10.1. The molecule has 1 heterocycles. The van der Waals surface area contributed by atoms with Crippen LogP contribution < -0.4 is 22.3 Å². The Balaban J connectivity index is 2.25. The van der Waals surface area contributed by atoms with Crippen molar-refractivity contribution in [1.82, 2.24) is 9.13 Å². The minimum atomic E-state index is -0.655. The number of hydrogen-bond acceptors (Lipinski definition) is 4. The van der Waals surface area contributed by atoms with E-state index < -0.39 is 17.0 Å². The van der Waals surface area contributed by atoms with Crippen molar-refractivity contribution in [2.75, 3.05) is 12.3 Å². The average Bonchev–Trinajstić information content (AvgIpc) is 2.62. The predicted octanol–water partition coefficient (Wildman–Crippen LogP) is 0.700. The average molecular weight is 380 g/mol. The normalized spacial score (nSPS) is 12.2. The molecule has 0 unspecified atom stereocenters. The van der Waals surface area contributed by atoms with Gasteiger partial charge in [-0.25, -0.2) is 4.79 Å². The van der Waals surface area contributed by atoms with Crippen LogP contribution in [0.3, 0.4) is 0 Å². The van der Waals surface area contributed by atoms with Gasteiger partial charge in [0.15, 0.2) is 0 Å². The summed E-state index contributed by atoms with van der Waals surface area (Å²) >= 11 is 5.88. The Morgan fingerprint density at radius 2 is 1.88 bits per heavy atom. The number of anilines is 1. The van der Waals surface area contributed by atoms with Crippen LogP contribution in [0.4, 0.5) is 5.82 Å².